The van der Waals surface area contributed by atoms with Crippen LogP contribution in [0.15, 0.2) is 42.5 Å². The first-order chi connectivity index (χ1) is 10.0. The van der Waals surface area contributed by atoms with Gasteiger partial charge in [0.15, 0.2) is 0 Å². The SMILES string of the molecule is COc1ccc(C(N)=O)cc1-c1cccc(OC(C)C)c1. The molecule has 0 saturated carbocycles. The Morgan fingerprint density at radius 1 is 1.14 bits per heavy atom. The van der Waals surface area contributed by atoms with Gasteiger partial charge in [-0.2, -0.15) is 0 Å². The Labute approximate surface area is 124 Å². The molecule has 0 unspecified atom stereocenters. The summed E-state index contributed by atoms with van der Waals surface area (Å²) < 4.78 is 11.1. The summed E-state index contributed by atoms with van der Waals surface area (Å²) in [4.78, 5) is 11.4. The molecule has 2 aromatic carbocycles. The zero-order chi connectivity index (χ0) is 15.4. The van der Waals surface area contributed by atoms with E-state index in [4.69, 9.17) is 15.2 Å². The lowest BCUT2D eigenvalue weighted by Crippen LogP contribution is -2.11. The Kier molecular flexibility index (Phi) is 4.48. The number of hydrogen-bond donors (Lipinski definition) is 1. The number of rotatable bonds is 5. The predicted molar refractivity (Wildman–Crippen MR) is 82.7 cm³/mol. The van der Waals surface area contributed by atoms with Gasteiger partial charge >= 0.3 is 0 Å². The Morgan fingerprint density at radius 3 is 2.52 bits per heavy atom. The van der Waals surface area contributed by atoms with E-state index < -0.39 is 5.91 Å². The smallest absolute Gasteiger partial charge is 0.248 e. The topological polar surface area (TPSA) is 61.5 Å². The minimum Gasteiger partial charge on any atom is -0.496 e. The van der Waals surface area contributed by atoms with E-state index in [1.54, 1.807) is 25.3 Å². The zero-order valence-corrected chi connectivity index (χ0v) is 12.4. The molecule has 0 atom stereocenters. The fourth-order valence-corrected chi connectivity index (χ4v) is 2.10. The molecule has 2 aromatic rings. The van der Waals surface area contributed by atoms with Crippen LogP contribution < -0.4 is 15.2 Å². The monoisotopic (exact) mass is 285 g/mol. The first kappa shape index (κ1) is 14.9. The van der Waals surface area contributed by atoms with Gasteiger partial charge in [0.25, 0.3) is 0 Å². The first-order valence-electron chi connectivity index (χ1n) is 6.76. The number of nitrogens with two attached hydrogens (primary N) is 1. The van der Waals surface area contributed by atoms with Crippen LogP contribution in [-0.4, -0.2) is 19.1 Å². The van der Waals surface area contributed by atoms with Crippen molar-refractivity contribution in [1.29, 1.82) is 0 Å². The molecule has 21 heavy (non-hydrogen) atoms. The van der Waals surface area contributed by atoms with E-state index in [2.05, 4.69) is 0 Å². The highest BCUT2D eigenvalue weighted by atomic mass is 16.5. The molecule has 0 radical (unpaired) electrons. The van der Waals surface area contributed by atoms with Gasteiger partial charge < -0.3 is 15.2 Å². The zero-order valence-electron chi connectivity index (χ0n) is 12.4. The molecule has 0 heterocycles. The molecule has 0 spiro atoms. The first-order valence-corrected chi connectivity index (χ1v) is 6.76. The van der Waals surface area contributed by atoms with Crippen LogP contribution in [-0.2, 0) is 0 Å². The number of carbonyl (C=O) groups excluding carboxylic acids is 1. The number of benzene rings is 2. The number of carbonyl (C=O) groups is 1. The van der Waals surface area contributed by atoms with Crippen molar-refractivity contribution in [3.8, 4) is 22.6 Å². The average Bonchev–Trinajstić information content (AvgIpc) is 2.46. The van der Waals surface area contributed by atoms with E-state index in [0.717, 1.165) is 16.9 Å². The summed E-state index contributed by atoms with van der Waals surface area (Å²) >= 11 is 0. The molecule has 2 rings (SSSR count). The molecule has 0 aliphatic heterocycles. The minimum atomic E-state index is -0.464. The average molecular weight is 285 g/mol. The lowest BCUT2D eigenvalue weighted by molar-refractivity contribution is 0.100. The molecular formula is C17H19NO3. The summed E-state index contributed by atoms with van der Waals surface area (Å²) in [5.74, 6) is 0.990. The van der Waals surface area contributed by atoms with E-state index >= 15 is 0 Å². The number of hydrogen-bond acceptors (Lipinski definition) is 3. The van der Waals surface area contributed by atoms with Gasteiger partial charge in [-0.15, -0.1) is 0 Å². The molecule has 0 aromatic heterocycles. The van der Waals surface area contributed by atoms with Crippen molar-refractivity contribution in [3.63, 3.8) is 0 Å². The van der Waals surface area contributed by atoms with E-state index in [1.165, 1.54) is 0 Å². The molecule has 0 saturated heterocycles. The van der Waals surface area contributed by atoms with Crippen molar-refractivity contribution in [1.82, 2.24) is 0 Å². The summed E-state index contributed by atoms with van der Waals surface area (Å²) in [5.41, 5.74) is 7.51. The van der Waals surface area contributed by atoms with E-state index in [0.29, 0.717) is 11.3 Å². The highest BCUT2D eigenvalue weighted by Crippen LogP contribution is 2.33. The molecule has 2 N–H and O–H groups in total. The molecule has 0 bridgehead atoms. The molecule has 1 amide bonds. The van der Waals surface area contributed by atoms with Crippen molar-refractivity contribution < 1.29 is 14.3 Å². The largest absolute Gasteiger partial charge is 0.496 e. The maximum absolute atomic E-state index is 11.4. The van der Waals surface area contributed by atoms with Crippen LogP contribution in [0.1, 0.15) is 24.2 Å². The van der Waals surface area contributed by atoms with Crippen LogP contribution >= 0.6 is 0 Å². The van der Waals surface area contributed by atoms with Gasteiger partial charge in [-0.25, -0.2) is 0 Å². The normalized spacial score (nSPS) is 10.5. The Morgan fingerprint density at radius 2 is 1.90 bits per heavy atom. The molecule has 0 aliphatic rings. The third kappa shape index (κ3) is 3.54. The molecule has 0 aliphatic carbocycles. The third-order valence-corrected chi connectivity index (χ3v) is 3.00. The standard InChI is InChI=1S/C17H19NO3/c1-11(2)21-14-6-4-5-12(9-14)15-10-13(17(18)19)7-8-16(15)20-3/h4-11H,1-3H3,(H2,18,19). The van der Waals surface area contributed by atoms with Gasteiger partial charge in [0.2, 0.25) is 5.91 Å². The van der Waals surface area contributed by atoms with Crippen LogP contribution in [0.2, 0.25) is 0 Å². The van der Waals surface area contributed by atoms with Crippen molar-refractivity contribution >= 4 is 5.91 Å². The van der Waals surface area contributed by atoms with E-state index in [9.17, 15) is 4.79 Å². The van der Waals surface area contributed by atoms with Gasteiger partial charge in [-0.05, 0) is 49.7 Å². The Bertz CT molecular complexity index is 650. The number of methoxy groups -OCH3 is 1. The summed E-state index contributed by atoms with van der Waals surface area (Å²) in [5, 5.41) is 0. The molecule has 110 valence electrons. The van der Waals surface area contributed by atoms with Gasteiger partial charge in [-0.3, -0.25) is 4.79 Å². The minimum absolute atomic E-state index is 0.0964. The second-order valence-corrected chi connectivity index (χ2v) is 4.97. The molecular weight excluding hydrogens is 266 g/mol. The molecule has 4 nitrogen and oxygen atoms in total. The Hall–Kier alpha value is -2.49. The maximum Gasteiger partial charge on any atom is 0.248 e. The van der Waals surface area contributed by atoms with Crippen molar-refractivity contribution in [2.75, 3.05) is 7.11 Å². The van der Waals surface area contributed by atoms with Crippen LogP contribution in [0.25, 0.3) is 11.1 Å². The van der Waals surface area contributed by atoms with Crippen molar-refractivity contribution in [3.05, 3.63) is 48.0 Å². The molecule has 0 fully saturated rings. The van der Waals surface area contributed by atoms with Crippen molar-refractivity contribution in [2.45, 2.75) is 20.0 Å². The number of primary amides is 1. The van der Waals surface area contributed by atoms with Gasteiger partial charge in [0.1, 0.15) is 11.5 Å². The predicted octanol–water partition coefficient (Wildman–Crippen LogP) is 3.25. The maximum atomic E-state index is 11.4. The van der Waals surface area contributed by atoms with Crippen LogP contribution in [0.5, 0.6) is 11.5 Å². The fraction of sp³-hybridized carbons (Fsp3) is 0.235. The summed E-state index contributed by atoms with van der Waals surface area (Å²) in [6.45, 7) is 3.95. The summed E-state index contributed by atoms with van der Waals surface area (Å²) in [6, 6.07) is 12.8. The molecule has 4 heteroatoms. The highest BCUT2D eigenvalue weighted by Gasteiger charge is 2.11. The second kappa shape index (κ2) is 6.31. The van der Waals surface area contributed by atoms with Gasteiger partial charge in [0, 0.05) is 11.1 Å². The van der Waals surface area contributed by atoms with E-state index in [1.807, 2.05) is 38.1 Å². The number of amides is 1. The van der Waals surface area contributed by atoms with E-state index in [-0.39, 0.29) is 6.10 Å². The lowest BCUT2D eigenvalue weighted by atomic mass is 10.0. The second-order valence-electron chi connectivity index (χ2n) is 4.97. The lowest BCUT2D eigenvalue weighted by Gasteiger charge is -2.13. The third-order valence-electron chi connectivity index (χ3n) is 3.00. The van der Waals surface area contributed by atoms with Gasteiger partial charge in [0.05, 0.1) is 13.2 Å². The van der Waals surface area contributed by atoms with Crippen molar-refractivity contribution in [2.24, 2.45) is 5.73 Å². The number of ether oxygens (including phenoxy) is 2. The quantitative estimate of drug-likeness (QED) is 0.917. The Balaban J connectivity index is 2.49. The fourth-order valence-electron chi connectivity index (χ4n) is 2.10. The van der Waals surface area contributed by atoms with Crippen LogP contribution in [0.4, 0.5) is 0 Å². The summed E-state index contributed by atoms with van der Waals surface area (Å²) in [7, 11) is 1.59. The van der Waals surface area contributed by atoms with Gasteiger partial charge in [-0.1, -0.05) is 12.1 Å². The highest BCUT2D eigenvalue weighted by molar-refractivity contribution is 5.94. The van der Waals surface area contributed by atoms with Crippen LogP contribution in [0.3, 0.4) is 0 Å². The summed E-state index contributed by atoms with van der Waals surface area (Å²) in [6.07, 6.45) is 0.0964. The van der Waals surface area contributed by atoms with Crippen LogP contribution in [0, 0.1) is 0 Å².